The normalized spacial score (nSPS) is 22.4. The van der Waals surface area contributed by atoms with E-state index in [1.165, 1.54) is 0 Å². The number of nitrogens with one attached hydrogen (secondary N) is 1. The standard InChI is InChI=1S/C16H19ClN2O/c1-10-14(17)7-3-11-4-8-15(19-16(10)11)18-12-5-6-13(9-12)20-2/h3-4,7-8,12-13H,5-6,9H2,1-2H3,(H,18,19). The van der Waals surface area contributed by atoms with Crippen molar-refractivity contribution in [2.45, 2.75) is 38.3 Å². The van der Waals surface area contributed by atoms with Crippen LogP contribution in [0.1, 0.15) is 24.8 Å². The van der Waals surface area contributed by atoms with E-state index in [0.717, 1.165) is 46.6 Å². The molecule has 3 nitrogen and oxygen atoms in total. The number of pyridine rings is 1. The number of fused-ring (bicyclic) bond motifs is 1. The van der Waals surface area contributed by atoms with Crippen LogP contribution in [0.25, 0.3) is 10.9 Å². The van der Waals surface area contributed by atoms with Gasteiger partial charge in [-0.1, -0.05) is 17.7 Å². The monoisotopic (exact) mass is 290 g/mol. The average molecular weight is 291 g/mol. The summed E-state index contributed by atoms with van der Waals surface area (Å²) in [6.45, 7) is 2.01. The number of anilines is 1. The molecule has 0 amide bonds. The Labute approximate surface area is 124 Å². The lowest BCUT2D eigenvalue weighted by molar-refractivity contribution is 0.108. The second-order valence-corrected chi connectivity index (χ2v) is 5.86. The first kappa shape index (κ1) is 13.7. The number of hydrogen-bond donors (Lipinski definition) is 1. The molecule has 2 atom stereocenters. The van der Waals surface area contributed by atoms with Gasteiger partial charge in [0.25, 0.3) is 0 Å². The van der Waals surface area contributed by atoms with Gasteiger partial charge in [-0.3, -0.25) is 0 Å². The van der Waals surface area contributed by atoms with Gasteiger partial charge in [-0.05, 0) is 49.9 Å². The highest BCUT2D eigenvalue weighted by Gasteiger charge is 2.24. The van der Waals surface area contributed by atoms with Gasteiger partial charge in [0.05, 0.1) is 11.6 Å². The summed E-state index contributed by atoms with van der Waals surface area (Å²) in [6, 6.07) is 8.52. The van der Waals surface area contributed by atoms with Gasteiger partial charge in [-0.15, -0.1) is 0 Å². The number of halogens is 1. The summed E-state index contributed by atoms with van der Waals surface area (Å²) in [4.78, 5) is 4.71. The third kappa shape index (κ3) is 2.60. The summed E-state index contributed by atoms with van der Waals surface area (Å²) in [5, 5.41) is 5.40. The Morgan fingerprint density at radius 2 is 2.05 bits per heavy atom. The van der Waals surface area contributed by atoms with E-state index >= 15 is 0 Å². The second-order valence-electron chi connectivity index (χ2n) is 5.45. The van der Waals surface area contributed by atoms with Crippen LogP contribution in [0.15, 0.2) is 24.3 Å². The van der Waals surface area contributed by atoms with E-state index in [4.69, 9.17) is 21.3 Å². The van der Waals surface area contributed by atoms with Gasteiger partial charge >= 0.3 is 0 Å². The molecule has 0 saturated heterocycles. The fourth-order valence-electron chi connectivity index (χ4n) is 2.88. The van der Waals surface area contributed by atoms with Crippen LogP contribution in [-0.2, 0) is 4.74 Å². The van der Waals surface area contributed by atoms with Gasteiger partial charge in [0.15, 0.2) is 0 Å². The molecule has 1 N–H and O–H groups in total. The lowest BCUT2D eigenvalue weighted by Crippen LogP contribution is -2.18. The quantitative estimate of drug-likeness (QED) is 0.921. The molecule has 1 aromatic heterocycles. The minimum absolute atomic E-state index is 0.379. The Balaban J connectivity index is 1.84. The topological polar surface area (TPSA) is 34.1 Å². The highest BCUT2D eigenvalue weighted by molar-refractivity contribution is 6.32. The molecule has 0 bridgehead atoms. The molecule has 3 rings (SSSR count). The first-order valence-electron chi connectivity index (χ1n) is 7.02. The summed E-state index contributed by atoms with van der Waals surface area (Å²) in [6.07, 6.45) is 3.67. The number of ether oxygens (including phenoxy) is 1. The fourth-order valence-corrected chi connectivity index (χ4v) is 3.03. The molecule has 0 radical (unpaired) electrons. The van der Waals surface area contributed by atoms with Gasteiger partial charge in [-0.25, -0.2) is 4.98 Å². The zero-order valence-electron chi connectivity index (χ0n) is 11.8. The molecule has 4 heteroatoms. The van der Waals surface area contributed by atoms with Crippen molar-refractivity contribution in [3.8, 4) is 0 Å². The van der Waals surface area contributed by atoms with E-state index in [1.807, 2.05) is 25.1 Å². The molecule has 2 aromatic rings. The molecular weight excluding hydrogens is 272 g/mol. The highest BCUT2D eigenvalue weighted by Crippen LogP contribution is 2.27. The first-order chi connectivity index (χ1) is 9.67. The van der Waals surface area contributed by atoms with Crippen molar-refractivity contribution in [3.05, 3.63) is 34.9 Å². The van der Waals surface area contributed by atoms with Gasteiger partial charge in [0, 0.05) is 23.6 Å². The summed E-state index contributed by atoms with van der Waals surface area (Å²) < 4.78 is 5.41. The third-order valence-corrected chi connectivity index (χ3v) is 4.53. The lowest BCUT2D eigenvalue weighted by atomic mass is 10.1. The molecule has 1 aliphatic carbocycles. The van der Waals surface area contributed by atoms with Crippen molar-refractivity contribution < 1.29 is 4.74 Å². The molecule has 1 saturated carbocycles. The Morgan fingerprint density at radius 3 is 2.80 bits per heavy atom. The van der Waals surface area contributed by atoms with E-state index in [9.17, 15) is 0 Å². The van der Waals surface area contributed by atoms with Gasteiger partial charge in [-0.2, -0.15) is 0 Å². The first-order valence-corrected chi connectivity index (χ1v) is 7.40. The summed E-state index contributed by atoms with van der Waals surface area (Å²) in [5.74, 6) is 0.921. The molecule has 1 heterocycles. The zero-order valence-corrected chi connectivity index (χ0v) is 12.6. The molecule has 1 aromatic carbocycles. The molecule has 0 spiro atoms. The number of hydrogen-bond acceptors (Lipinski definition) is 3. The number of aromatic nitrogens is 1. The number of benzene rings is 1. The smallest absolute Gasteiger partial charge is 0.126 e. The number of rotatable bonds is 3. The summed E-state index contributed by atoms with van der Waals surface area (Å²) in [7, 11) is 1.78. The minimum atomic E-state index is 0.379. The predicted molar refractivity (Wildman–Crippen MR) is 83.5 cm³/mol. The fraction of sp³-hybridized carbons (Fsp3) is 0.438. The molecule has 0 aliphatic heterocycles. The van der Waals surface area contributed by atoms with Crippen LogP contribution in [0.5, 0.6) is 0 Å². The largest absolute Gasteiger partial charge is 0.381 e. The van der Waals surface area contributed by atoms with E-state index < -0.39 is 0 Å². The Hall–Kier alpha value is -1.32. The Kier molecular flexibility index (Phi) is 3.81. The van der Waals surface area contributed by atoms with E-state index in [2.05, 4.69) is 11.4 Å². The maximum atomic E-state index is 6.17. The third-order valence-electron chi connectivity index (χ3n) is 4.12. The van der Waals surface area contributed by atoms with Crippen LogP contribution >= 0.6 is 11.6 Å². The van der Waals surface area contributed by atoms with Crippen molar-refractivity contribution in [2.24, 2.45) is 0 Å². The SMILES string of the molecule is COC1CCC(Nc2ccc3ccc(Cl)c(C)c3n2)C1. The highest BCUT2D eigenvalue weighted by atomic mass is 35.5. The average Bonchev–Trinajstić information content (AvgIpc) is 2.91. The van der Waals surface area contributed by atoms with E-state index in [0.29, 0.717) is 12.1 Å². The summed E-state index contributed by atoms with van der Waals surface area (Å²) >= 11 is 6.17. The Morgan fingerprint density at radius 1 is 1.25 bits per heavy atom. The van der Waals surface area contributed by atoms with Crippen LogP contribution in [0.3, 0.4) is 0 Å². The maximum Gasteiger partial charge on any atom is 0.126 e. The van der Waals surface area contributed by atoms with Crippen molar-refractivity contribution in [1.82, 2.24) is 4.98 Å². The second kappa shape index (κ2) is 5.58. The molecule has 1 aliphatic rings. The zero-order chi connectivity index (χ0) is 14.1. The van der Waals surface area contributed by atoms with Gasteiger partial charge < -0.3 is 10.1 Å². The lowest BCUT2D eigenvalue weighted by Gasteiger charge is -2.14. The minimum Gasteiger partial charge on any atom is -0.381 e. The van der Waals surface area contributed by atoms with Crippen LogP contribution in [-0.4, -0.2) is 24.2 Å². The van der Waals surface area contributed by atoms with Gasteiger partial charge in [0.2, 0.25) is 0 Å². The maximum absolute atomic E-state index is 6.17. The number of nitrogens with zero attached hydrogens (tertiary/aromatic N) is 1. The Bertz CT molecular complexity index is 629. The van der Waals surface area contributed by atoms with E-state index in [-0.39, 0.29) is 0 Å². The van der Waals surface area contributed by atoms with Crippen molar-refractivity contribution in [3.63, 3.8) is 0 Å². The number of aryl methyl sites for hydroxylation is 1. The molecule has 2 unspecified atom stereocenters. The molecule has 20 heavy (non-hydrogen) atoms. The van der Waals surface area contributed by atoms with Crippen LogP contribution in [0, 0.1) is 6.92 Å². The van der Waals surface area contributed by atoms with Crippen molar-refractivity contribution in [2.75, 3.05) is 12.4 Å². The number of methoxy groups -OCH3 is 1. The van der Waals surface area contributed by atoms with E-state index in [1.54, 1.807) is 7.11 Å². The van der Waals surface area contributed by atoms with Crippen molar-refractivity contribution >= 4 is 28.3 Å². The summed E-state index contributed by atoms with van der Waals surface area (Å²) in [5.41, 5.74) is 2.01. The molecular formula is C16H19ClN2O. The van der Waals surface area contributed by atoms with Crippen LogP contribution in [0.4, 0.5) is 5.82 Å². The van der Waals surface area contributed by atoms with Crippen molar-refractivity contribution in [1.29, 1.82) is 0 Å². The molecule has 1 fully saturated rings. The molecule has 106 valence electrons. The predicted octanol–water partition coefficient (Wildman–Crippen LogP) is 4.18. The van der Waals surface area contributed by atoms with Crippen LogP contribution < -0.4 is 5.32 Å². The van der Waals surface area contributed by atoms with Crippen LogP contribution in [0.2, 0.25) is 5.02 Å². The van der Waals surface area contributed by atoms with Gasteiger partial charge in [0.1, 0.15) is 5.82 Å².